The highest BCUT2D eigenvalue weighted by Gasteiger charge is 2.37. The molecule has 1 aromatic rings. The molecule has 0 fully saturated rings. The number of amides is 1. The summed E-state index contributed by atoms with van der Waals surface area (Å²) in [5.41, 5.74) is 4.83. The lowest BCUT2D eigenvalue weighted by Crippen LogP contribution is -2.25. The first kappa shape index (κ1) is 15.3. The molecule has 2 aliphatic carbocycles. The third-order valence-corrected chi connectivity index (χ3v) is 5.66. The molecule has 2 heterocycles. The maximum atomic E-state index is 12.9. The topological polar surface area (TPSA) is 50.3 Å². The second kappa shape index (κ2) is 5.42. The van der Waals surface area contributed by atoms with Gasteiger partial charge in [-0.2, -0.15) is 0 Å². The van der Waals surface area contributed by atoms with E-state index in [0.717, 1.165) is 34.6 Å². The number of ketones is 1. The third-order valence-electron chi connectivity index (χ3n) is 5.04. The van der Waals surface area contributed by atoms with Gasteiger partial charge in [0.15, 0.2) is 5.78 Å². The fourth-order valence-electron chi connectivity index (χ4n) is 3.70. The number of nitrogens with zero attached hydrogens (tertiary/aromatic N) is 2. The maximum Gasteiger partial charge on any atom is 0.262 e. The van der Waals surface area contributed by atoms with Crippen molar-refractivity contribution in [2.24, 2.45) is 5.92 Å². The second-order valence-electron chi connectivity index (χ2n) is 6.53. The van der Waals surface area contributed by atoms with E-state index < -0.39 is 0 Å². The highest BCUT2D eigenvalue weighted by molar-refractivity contribution is 6.31. The Morgan fingerprint density at radius 2 is 2.04 bits per heavy atom. The van der Waals surface area contributed by atoms with Gasteiger partial charge in [0.05, 0.1) is 11.9 Å². The van der Waals surface area contributed by atoms with Gasteiger partial charge in [0.2, 0.25) is 0 Å². The number of carbonyl (C=O) groups is 2. The van der Waals surface area contributed by atoms with Crippen LogP contribution in [-0.2, 0) is 11.2 Å². The molecule has 0 saturated carbocycles. The zero-order valence-corrected chi connectivity index (χ0v) is 14.4. The van der Waals surface area contributed by atoms with Crippen molar-refractivity contribution in [1.82, 2.24) is 4.98 Å². The number of aromatic nitrogens is 1. The number of pyridine rings is 1. The Balaban J connectivity index is 1.83. The summed E-state index contributed by atoms with van der Waals surface area (Å²) < 4.78 is 0. The predicted octanol–water partition coefficient (Wildman–Crippen LogP) is 3.92. The van der Waals surface area contributed by atoms with Gasteiger partial charge in [-0.15, -0.1) is 0 Å². The average molecular weight is 341 g/mol. The molecular formula is C19H17ClN2O2. The van der Waals surface area contributed by atoms with Crippen molar-refractivity contribution in [2.75, 3.05) is 4.90 Å². The molecule has 0 bridgehead atoms. The minimum atomic E-state index is -0.0754. The lowest BCUT2D eigenvalue weighted by atomic mass is 9.88. The fraction of sp³-hybridized carbons (Fsp3) is 0.316. The van der Waals surface area contributed by atoms with Crippen molar-refractivity contribution in [3.05, 3.63) is 57.5 Å². The van der Waals surface area contributed by atoms with Gasteiger partial charge in [-0.25, -0.2) is 0 Å². The number of halogens is 1. The first-order chi connectivity index (χ1) is 11.5. The van der Waals surface area contributed by atoms with Crippen LogP contribution < -0.4 is 4.90 Å². The van der Waals surface area contributed by atoms with Gasteiger partial charge >= 0.3 is 0 Å². The van der Waals surface area contributed by atoms with Crippen molar-refractivity contribution >= 4 is 29.0 Å². The molecule has 0 saturated heterocycles. The average Bonchev–Trinajstić information content (AvgIpc) is 2.90. The number of anilines is 1. The number of hydrogen-bond donors (Lipinski definition) is 0. The normalized spacial score (nSPS) is 23.1. The van der Waals surface area contributed by atoms with Crippen LogP contribution in [0.2, 0.25) is 0 Å². The molecule has 1 aromatic heterocycles. The van der Waals surface area contributed by atoms with Crippen LogP contribution in [0.15, 0.2) is 46.4 Å². The maximum absolute atomic E-state index is 12.9. The van der Waals surface area contributed by atoms with E-state index in [4.69, 9.17) is 11.6 Å². The molecule has 3 aliphatic rings. The minimum absolute atomic E-state index is 0.00486. The molecule has 4 rings (SSSR count). The minimum Gasteiger partial charge on any atom is -0.294 e. The highest BCUT2D eigenvalue weighted by atomic mass is 35.5. The van der Waals surface area contributed by atoms with E-state index in [2.05, 4.69) is 4.98 Å². The van der Waals surface area contributed by atoms with Crippen LogP contribution in [0.1, 0.15) is 42.6 Å². The van der Waals surface area contributed by atoms with Gasteiger partial charge in [-0.05, 0) is 42.6 Å². The van der Waals surface area contributed by atoms with E-state index in [-0.39, 0.29) is 17.6 Å². The van der Waals surface area contributed by atoms with Crippen LogP contribution in [0.3, 0.4) is 0 Å². The number of fused-ring (bicyclic) bond motifs is 2. The zero-order chi connectivity index (χ0) is 17.0. The third kappa shape index (κ3) is 2.09. The van der Waals surface area contributed by atoms with E-state index in [1.807, 2.05) is 26.1 Å². The van der Waals surface area contributed by atoms with Crippen molar-refractivity contribution < 1.29 is 9.59 Å². The van der Waals surface area contributed by atoms with Crippen molar-refractivity contribution in [3.63, 3.8) is 0 Å². The number of Topliss-reactive ketones (excluding diaryl/α,β-unsaturated/α-hetero) is 1. The number of allylic oxidation sites excluding steroid dienone is 3. The summed E-state index contributed by atoms with van der Waals surface area (Å²) in [7, 11) is 0. The summed E-state index contributed by atoms with van der Waals surface area (Å²) in [5, 5.41) is 0.767. The van der Waals surface area contributed by atoms with Crippen molar-refractivity contribution in [3.8, 4) is 0 Å². The summed E-state index contributed by atoms with van der Waals surface area (Å²) in [6.45, 7) is 3.92. The predicted molar refractivity (Wildman–Crippen MR) is 92.9 cm³/mol. The molecular weight excluding hydrogens is 324 g/mol. The summed E-state index contributed by atoms with van der Waals surface area (Å²) in [6.07, 6.45) is 9.15. The molecule has 122 valence electrons. The SMILES string of the molecule is CC1=C(Cl)C(C)C2=CN(c3cncc4c3CCCC4=O)C(=O)C2=C1. The van der Waals surface area contributed by atoms with E-state index in [0.29, 0.717) is 23.2 Å². The summed E-state index contributed by atoms with van der Waals surface area (Å²) >= 11 is 6.37. The number of carbonyl (C=O) groups excluding carboxylic acids is 2. The Morgan fingerprint density at radius 1 is 1.25 bits per heavy atom. The van der Waals surface area contributed by atoms with Gasteiger partial charge in [-0.1, -0.05) is 18.5 Å². The molecule has 0 spiro atoms. The zero-order valence-electron chi connectivity index (χ0n) is 13.6. The lowest BCUT2D eigenvalue weighted by Gasteiger charge is -2.22. The Bertz CT molecular complexity index is 879. The van der Waals surface area contributed by atoms with Crippen LogP contribution in [0, 0.1) is 5.92 Å². The number of hydrogen-bond acceptors (Lipinski definition) is 3. The smallest absolute Gasteiger partial charge is 0.262 e. The quantitative estimate of drug-likeness (QED) is 0.778. The lowest BCUT2D eigenvalue weighted by molar-refractivity contribution is -0.114. The van der Waals surface area contributed by atoms with Crippen LogP contribution >= 0.6 is 11.6 Å². The fourth-order valence-corrected chi connectivity index (χ4v) is 3.87. The van der Waals surface area contributed by atoms with Crippen LogP contribution in [0.4, 0.5) is 5.69 Å². The van der Waals surface area contributed by atoms with Gasteiger partial charge in [-0.3, -0.25) is 19.5 Å². The molecule has 1 atom stereocenters. The monoisotopic (exact) mass is 340 g/mol. The van der Waals surface area contributed by atoms with Gasteiger partial charge in [0.25, 0.3) is 5.91 Å². The molecule has 0 aromatic carbocycles. The largest absolute Gasteiger partial charge is 0.294 e. The van der Waals surface area contributed by atoms with E-state index >= 15 is 0 Å². The first-order valence-electron chi connectivity index (χ1n) is 8.12. The van der Waals surface area contributed by atoms with Crippen LogP contribution in [0.5, 0.6) is 0 Å². The van der Waals surface area contributed by atoms with Crippen molar-refractivity contribution in [2.45, 2.75) is 33.1 Å². The Hall–Kier alpha value is -2.20. The Kier molecular flexibility index (Phi) is 3.46. The van der Waals surface area contributed by atoms with Gasteiger partial charge in [0, 0.05) is 40.9 Å². The molecule has 1 unspecified atom stereocenters. The Labute approximate surface area is 145 Å². The van der Waals surface area contributed by atoms with Crippen LogP contribution in [-0.4, -0.2) is 16.7 Å². The Morgan fingerprint density at radius 3 is 2.83 bits per heavy atom. The van der Waals surface area contributed by atoms with Crippen LogP contribution in [0.25, 0.3) is 0 Å². The summed E-state index contributed by atoms with van der Waals surface area (Å²) in [4.78, 5) is 30.9. The van der Waals surface area contributed by atoms with Gasteiger partial charge < -0.3 is 0 Å². The van der Waals surface area contributed by atoms with E-state index in [1.165, 1.54) is 0 Å². The molecule has 4 nitrogen and oxygen atoms in total. The summed E-state index contributed by atoms with van der Waals surface area (Å²) in [6, 6.07) is 0. The first-order valence-corrected chi connectivity index (χ1v) is 8.50. The molecule has 1 amide bonds. The molecule has 5 heteroatoms. The van der Waals surface area contributed by atoms with Gasteiger partial charge in [0.1, 0.15) is 0 Å². The molecule has 1 aliphatic heterocycles. The highest BCUT2D eigenvalue weighted by Crippen LogP contribution is 2.42. The standard InChI is InChI=1S/C19H17ClN2O2/c1-10-6-13-15(11(2)18(10)20)9-22(19(13)24)16-8-21-7-14-12(16)4-3-5-17(14)23/h6-9,11H,3-5H2,1-2H3. The summed E-state index contributed by atoms with van der Waals surface area (Å²) in [5.74, 6) is 0.0267. The number of rotatable bonds is 1. The van der Waals surface area contributed by atoms with Crippen molar-refractivity contribution in [1.29, 1.82) is 0 Å². The second-order valence-corrected chi connectivity index (χ2v) is 6.94. The molecule has 0 radical (unpaired) electrons. The molecule has 24 heavy (non-hydrogen) atoms. The molecule has 0 N–H and O–H groups in total. The van der Waals surface area contributed by atoms with E-state index in [9.17, 15) is 9.59 Å². The van der Waals surface area contributed by atoms with E-state index in [1.54, 1.807) is 17.3 Å².